The third kappa shape index (κ3) is 2.87. The number of hydrogen-bond acceptors (Lipinski definition) is 5. The predicted octanol–water partition coefficient (Wildman–Crippen LogP) is 1.59. The first-order valence-electron chi connectivity index (χ1n) is 7.47. The molecule has 22 heavy (non-hydrogen) atoms. The molecule has 0 aliphatic carbocycles. The number of pyridine rings is 2. The molecule has 0 aromatic carbocycles. The lowest BCUT2D eigenvalue weighted by Gasteiger charge is -2.34. The number of hydrogen-bond donors (Lipinski definition) is 1. The van der Waals surface area contributed by atoms with Crippen molar-refractivity contribution in [3.05, 3.63) is 30.2 Å². The van der Waals surface area contributed by atoms with Crippen molar-refractivity contribution in [2.45, 2.75) is 12.8 Å². The Balaban J connectivity index is 1.98. The van der Waals surface area contributed by atoms with Crippen LogP contribution in [0.1, 0.15) is 23.3 Å². The zero-order valence-corrected chi connectivity index (χ0v) is 12.7. The summed E-state index contributed by atoms with van der Waals surface area (Å²) < 4.78 is 5.28. The lowest BCUT2D eigenvalue weighted by Crippen LogP contribution is -2.37. The summed E-state index contributed by atoms with van der Waals surface area (Å²) in [5, 5.41) is 0.913. The van der Waals surface area contributed by atoms with Gasteiger partial charge in [0, 0.05) is 31.8 Å². The molecule has 0 bridgehead atoms. The first kappa shape index (κ1) is 14.7. The van der Waals surface area contributed by atoms with E-state index in [1.807, 2.05) is 12.3 Å². The van der Waals surface area contributed by atoms with E-state index >= 15 is 0 Å². The van der Waals surface area contributed by atoms with Crippen LogP contribution in [0.15, 0.2) is 24.5 Å². The number of rotatable bonds is 4. The molecule has 0 spiro atoms. The molecule has 3 rings (SSSR count). The van der Waals surface area contributed by atoms with Crippen LogP contribution in [-0.2, 0) is 4.74 Å². The number of aromatic nitrogens is 2. The van der Waals surface area contributed by atoms with E-state index in [0.717, 1.165) is 42.7 Å². The third-order valence-corrected chi connectivity index (χ3v) is 4.09. The first-order chi connectivity index (χ1) is 10.7. The lowest BCUT2D eigenvalue weighted by molar-refractivity contribution is 0.0996. The average molecular weight is 300 g/mol. The van der Waals surface area contributed by atoms with Crippen LogP contribution in [0.25, 0.3) is 10.9 Å². The van der Waals surface area contributed by atoms with E-state index in [2.05, 4.69) is 14.9 Å². The fraction of sp³-hybridized carbons (Fsp3) is 0.438. The lowest BCUT2D eigenvalue weighted by atomic mass is 9.98. The van der Waals surface area contributed by atoms with E-state index in [9.17, 15) is 4.79 Å². The molecule has 1 atom stereocenters. The average Bonchev–Trinajstić information content (AvgIpc) is 2.54. The first-order valence-corrected chi connectivity index (χ1v) is 7.47. The number of amides is 1. The molecule has 2 N–H and O–H groups in total. The summed E-state index contributed by atoms with van der Waals surface area (Å²) in [7, 11) is 1.74. The molecule has 6 nitrogen and oxygen atoms in total. The molecule has 1 aliphatic rings. The minimum absolute atomic E-state index is 0.283. The Labute approximate surface area is 129 Å². The third-order valence-electron chi connectivity index (χ3n) is 4.09. The van der Waals surface area contributed by atoms with Crippen LogP contribution in [0.2, 0.25) is 0 Å². The summed E-state index contributed by atoms with van der Waals surface area (Å²) in [5.41, 5.74) is 7.37. The quantitative estimate of drug-likeness (QED) is 0.927. The predicted molar refractivity (Wildman–Crippen MR) is 84.9 cm³/mol. The van der Waals surface area contributed by atoms with Crippen LogP contribution >= 0.6 is 0 Å². The molecular formula is C16H20N4O2. The second-order valence-corrected chi connectivity index (χ2v) is 5.70. The topological polar surface area (TPSA) is 81.3 Å². The summed E-state index contributed by atoms with van der Waals surface area (Å²) in [6, 6.07) is 3.48. The summed E-state index contributed by atoms with van der Waals surface area (Å²) in [5.74, 6) is -0.00565. The van der Waals surface area contributed by atoms with Gasteiger partial charge >= 0.3 is 0 Å². The summed E-state index contributed by atoms with van der Waals surface area (Å²) in [6.45, 7) is 2.63. The number of nitrogens with zero attached hydrogens (tertiary/aromatic N) is 3. The van der Waals surface area contributed by atoms with Gasteiger partial charge < -0.3 is 15.4 Å². The molecule has 6 heteroatoms. The zero-order valence-electron chi connectivity index (χ0n) is 12.7. The van der Waals surface area contributed by atoms with Crippen molar-refractivity contribution in [2.24, 2.45) is 11.7 Å². The van der Waals surface area contributed by atoms with Gasteiger partial charge in [-0.05, 0) is 30.9 Å². The number of fused-ring (bicyclic) bond motifs is 1. The monoisotopic (exact) mass is 300 g/mol. The second-order valence-electron chi connectivity index (χ2n) is 5.70. The van der Waals surface area contributed by atoms with Gasteiger partial charge in [-0.3, -0.25) is 9.78 Å². The Morgan fingerprint density at radius 1 is 1.45 bits per heavy atom. The van der Waals surface area contributed by atoms with Crippen molar-refractivity contribution >= 4 is 22.5 Å². The van der Waals surface area contributed by atoms with Crippen molar-refractivity contribution < 1.29 is 9.53 Å². The number of piperidine rings is 1. The van der Waals surface area contributed by atoms with Crippen molar-refractivity contribution in [1.29, 1.82) is 0 Å². The summed E-state index contributed by atoms with van der Waals surface area (Å²) in [4.78, 5) is 22.4. The molecule has 1 unspecified atom stereocenters. The highest BCUT2D eigenvalue weighted by atomic mass is 16.5. The van der Waals surface area contributed by atoms with E-state index in [-0.39, 0.29) is 5.69 Å². The zero-order chi connectivity index (χ0) is 15.5. The van der Waals surface area contributed by atoms with E-state index < -0.39 is 5.91 Å². The minimum atomic E-state index is -0.513. The number of nitrogens with two attached hydrogens (primary N) is 1. The van der Waals surface area contributed by atoms with E-state index in [1.54, 1.807) is 19.4 Å². The number of carbonyl (C=O) groups excluding carboxylic acids is 1. The standard InChI is InChI=1S/C16H20N4O2/c1-22-10-11-3-2-6-20(9-11)14-8-18-7-12-4-5-13(16(17)21)19-15(12)14/h4-5,7-8,11H,2-3,6,9-10H2,1H3,(H2,17,21). The van der Waals surface area contributed by atoms with Gasteiger partial charge in [-0.25, -0.2) is 4.98 Å². The Morgan fingerprint density at radius 3 is 3.09 bits per heavy atom. The number of carbonyl (C=O) groups is 1. The van der Waals surface area contributed by atoms with Gasteiger partial charge in [0.15, 0.2) is 0 Å². The molecule has 1 amide bonds. The van der Waals surface area contributed by atoms with Gasteiger partial charge in [-0.15, -0.1) is 0 Å². The molecule has 0 saturated carbocycles. The number of methoxy groups -OCH3 is 1. The smallest absolute Gasteiger partial charge is 0.267 e. The Kier molecular flexibility index (Phi) is 4.20. The maximum absolute atomic E-state index is 11.4. The molecule has 116 valence electrons. The fourth-order valence-corrected chi connectivity index (χ4v) is 3.05. The van der Waals surface area contributed by atoms with Crippen LogP contribution in [0, 0.1) is 5.92 Å². The van der Waals surface area contributed by atoms with Crippen molar-refractivity contribution in [2.75, 3.05) is 31.7 Å². The van der Waals surface area contributed by atoms with Crippen molar-refractivity contribution in [3.63, 3.8) is 0 Å². The maximum atomic E-state index is 11.4. The van der Waals surface area contributed by atoms with Gasteiger partial charge in [-0.2, -0.15) is 0 Å². The van der Waals surface area contributed by atoms with Crippen molar-refractivity contribution in [1.82, 2.24) is 9.97 Å². The highest BCUT2D eigenvalue weighted by Crippen LogP contribution is 2.28. The SMILES string of the molecule is COCC1CCCN(c2cncc3ccc(C(N)=O)nc23)C1. The molecular weight excluding hydrogens is 280 g/mol. The normalized spacial score (nSPS) is 18.6. The van der Waals surface area contributed by atoms with Crippen LogP contribution in [0.5, 0.6) is 0 Å². The fourth-order valence-electron chi connectivity index (χ4n) is 3.05. The van der Waals surface area contributed by atoms with E-state index in [1.165, 1.54) is 6.42 Å². The van der Waals surface area contributed by atoms with E-state index in [0.29, 0.717) is 5.92 Å². The van der Waals surface area contributed by atoms with Crippen LogP contribution in [0.4, 0.5) is 5.69 Å². The van der Waals surface area contributed by atoms with Crippen molar-refractivity contribution in [3.8, 4) is 0 Å². The highest BCUT2D eigenvalue weighted by molar-refractivity contribution is 5.96. The van der Waals surface area contributed by atoms with Gasteiger partial charge in [0.2, 0.25) is 0 Å². The van der Waals surface area contributed by atoms with Gasteiger partial charge in [-0.1, -0.05) is 0 Å². The number of primary amides is 1. The number of ether oxygens (including phenoxy) is 1. The molecule has 3 heterocycles. The van der Waals surface area contributed by atoms with Crippen LogP contribution in [0.3, 0.4) is 0 Å². The van der Waals surface area contributed by atoms with Gasteiger partial charge in [0.1, 0.15) is 5.69 Å². The van der Waals surface area contributed by atoms with Crippen LogP contribution in [-0.4, -0.2) is 42.7 Å². The molecule has 2 aromatic rings. The Bertz CT molecular complexity index is 687. The Hall–Kier alpha value is -2.21. The van der Waals surface area contributed by atoms with Crippen LogP contribution < -0.4 is 10.6 Å². The maximum Gasteiger partial charge on any atom is 0.267 e. The second kappa shape index (κ2) is 6.27. The largest absolute Gasteiger partial charge is 0.384 e. The van der Waals surface area contributed by atoms with E-state index in [4.69, 9.17) is 10.5 Å². The number of anilines is 1. The van der Waals surface area contributed by atoms with Gasteiger partial charge in [0.05, 0.1) is 24.0 Å². The molecule has 1 aliphatic heterocycles. The molecule has 0 radical (unpaired) electrons. The molecule has 1 saturated heterocycles. The summed E-state index contributed by atoms with van der Waals surface area (Å²) in [6.07, 6.45) is 5.85. The Morgan fingerprint density at radius 2 is 2.32 bits per heavy atom. The highest BCUT2D eigenvalue weighted by Gasteiger charge is 2.22. The molecule has 1 fully saturated rings. The minimum Gasteiger partial charge on any atom is -0.384 e. The molecule has 2 aromatic heterocycles. The summed E-state index contributed by atoms with van der Waals surface area (Å²) >= 11 is 0. The van der Waals surface area contributed by atoms with Gasteiger partial charge in [0.25, 0.3) is 5.91 Å².